The minimum atomic E-state index is -1.11. The molecule has 0 radical (unpaired) electrons. The minimum Gasteiger partial charge on any atom is -0.396 e. The highest BCUT2D eigenvalue weighted by molar-refractivity contribution is 7.88. The zero-order chi connectivity index (χ0) is 18.4. The van der Waals surface area contributed by atoms with Gasteiger partial charge in [0.2, 0.25) is 0 Å². The largest absolute Gasteiger partial charge is 0.396 e. The molecule has 0 amide bonds. The van der Waals surface area contributed by atoms with Crippen molar-refractivity contribution in [2.24, 2.45) is 0 Å². The summed E-state index contributed by atoms with van der Waals surface area (Å²) in [6, 6.07) is 3.68. The van der Waals surface area contributed by atoms with Crippen LogP contribution in [0.3, 0.4) is 0 Å². The van der Waals surface area contributed by atoms with E-state index in [9.17, 15) is 4.21 Å². The molecule has 0 unspecified atom stereocenters. The lowest BCUT2D eigenvalue weighted by Crippen LogP contribution is -2.23. The zero-order valence-corrected chi connectivity index (χ0v) is 15.8. The van der Waals surface area contributed by atoms with Crippen molar-refractivity contribution in [3.05, 3.63) is 37.1 Å². The van der Waals surface area contributed by atoms with E-state index in [1.807, 2.05) is 6.07 Å². The van der Waals surface area contributed by atoms with E-state index >= 15 is 0 Å². The Bertz CT molecular complexity index is 1140. The first-order chi connectivity index (χ1) is 13.2. The number of hydrogen-bond acceptors (Lipinski definition) is 8. The summed E-state index contributed by atoms with van der Waals surface area (Å²) in [5.74, 6) is 0. The Morgan fingerprint density at radius 1 is 1.22 bits per heavy atom. The molecule has 1 aliphatic carbocycles. The van der Waals surface area contributed by atoms with Crippen molar-refractivity contribution in [3.63, 3.8) is 0 Å². The molecule has 7 nitrogen and oxygen atoms in total. The Hall–Kier alpha value is -2.65. The van der Waals surface area contributed by atoms with Crippen molar-refractivity contribution in [3.8, 4) is 22.5 Å². The highest BCUT2D eigenvalue weighted by atomic mass is 32.2. The maximum Gasteiger partial charge on any atom is 0.127 e. The van der Waals surface area contributed by atoms with E-state index in [-0.39, 0.29) is 5.25 Å². The number of fused-ring (bicyclic) bond motifs is 1. The van der Waals surface area contributed by atoms with Crippen molar-refractivity contribution >= 4 is 38.0 Å². The Morgan fingerprint density at radius 3 is 2.70 bits per heavy atom. The van der Waals surface area contributed by atoms with Gasteiger partial charge in [0.05, 0.1) is 22.2 Å². The van der Waals surface area contributed by atoms with Crippen LogP contribution in [0.1, 0.15) is 19.3 Å². The standard InChI is InChI=1S/C18H15N5O2S2/c19-16-15-12(13-4-5-25-23-13)6-14(10-7-20-9-21-8-10)22-17(15)26-18(16)27(24)11-2-1-3-11/h4-9,11H,1-3,19H2/t27-/m0/s1. The van der Waals surface area contributed by atoms with Crippen molar-refractivity contribution in [1.29, 1.82) is 0 Å². The molecule has 1 aliphatic rings. The fourth-order valence-corrected chi connectivity index (χ4v) is 6.33. The summed E-state index contributed by atoms with van der Waals surface area (Å²) < 4.78 is 18.7. The molecule has 4 aromatic rings. The monoisotopic (exact) mass is 397 g/mol. The predicted molar refractivity (Wildman–Crippen MR) is 105 cm³/mol. The van der Waals surface area contributed by atoms with Crippen LogP contribution in [-0.4, -0.2) is 29.6 Å². The molecule has 0 aliphatic heterocycles. The third kappa shape index (κ3) is 2.74. The van der Waals surface area contributed by atoms with Crippen LogP contribution in [0.25, 0.3) is 32.7 Å². The van der Waals surface area contributed by atoms with Crippen molar-refractivity contribution < 1.29 is 8.73 Å². The fourth-order valence-electron chi connectivity index (χ4n) is 3.12. The van der Waals surface area contributed by atoms with Gasteiger partial charge in [-0.25, -0.2) is 15.0 Å². The number of rotatable bonds is 4. The van der Waals surface area contributed by atoms with E-state index in [1.54, 1.807) is 18.5 Å². The molecule has 2 N–H and O–H groups in total. The van der Waals surface area contributed by atoms with Crippen LogP contribution >= 0.6 is 11.3 Å². The molecule has 1 fully saturated rings. The highest BCUT2D eigenvalue weighted by Gasteiger charge is 2.29. The lowest BCUT2D eigenvalue weighted by Gasteiger charge is -2.23. The van der Waals surface area contributed by atoms with Crippen LogP contribution < -0.4 is 5.73 Å². The number of nitrogens with zero attached hydrogens (tertiary/aromatic N) is 4. The van der Waals surface area contributed by atoms with E-state index in [0.717, 1.165) is 40.6 Å². The highest BCUT2D eigenvalue weighted by Crippen LogP contribution is 2.44. The van der Waals surface area contributed by atoms with Crippen molar-refractivity contribution in [2.45, 2.75) is 28.7 Å². The summed E-state index contributed by atoms with van der Waals surface area (Å²) in [5.41, 5.74) is 9.94. The van der Waals surface area contributed by atoms with Crippen molar-refractivity contribution in [1.82, 2.24) is 20.1 Å². The quantitative estimate of drug-likeness (QED) is 0.560. The SMILES string of the molecule is Nc1c([S@@](=O)C2CCC2)sc2nc(-c3cncnc3)cc(-c3ccon3)c12. The third-order valence-electron chi connectivity index (χ3n) is 4.77. The lowest BCUT2D eigenvalue weighted by atomic mass is 10.0. The predicted octanol–water partition coefficient (Wildman–Crippen LogP) is 3.65. The van der Waals surface area contributed by atoms with Gasteiger partial charge in [-0.15, -0.1) is 11.3 Å². The van der Waals surface area contributed by atoms with Crippen LogP contribution in [0.5, 0.6) is 0 Å². The molecular formula is C18H15N5O2S2. The smallest absolute Gasteiger partial charge is 0.127 e. The molecule has 0 spiro atoms. The van der Waals surface area contributed by atoms with Gasteiger partial charge >= 0.3 is 0 Å². The molecule has 0 bridgehead atoms. The van der Waals surface area contributed by atoms with Gasteiger partial charge in [0.1, 0.15) is 27.3 Å². The third-order valence-corrected chi connectivity index (χ3v) is 8.07. The number of pyridine rings is 1. The van der Waals surface area contributed by atoms with E-state index in [2.05, 4.69) is 15.1 Å². The van der Waals surface area contributed by atoms with Crippen LogP contribution in [0.2, 0.25) is 0 Å². The van der Waals surface area contributed by atoms with E-state index in [4.69, 9.17) is 15.2 Å². The van der Waals surface area contributed by atoms with E-state index < -0.39 is 10.8 Å². The second kappa shape index (κ2) is 6.50. The zero-order valence-electron chi connectivity index (χ0n) is 14.2. The van der Waals surface area contributed by atoms with Gasteiger partial charge in [0, 0.05) is 40.2 Å². The first kappa shape index (κ1) is 16.5. The second-order valence-electron chi connectivity index (χ2n) is 6.40. The van der Waals surface area contributed by atoms with Gasteiger partial charge in [-0.1, -0.05) is 11.6 Å². The maximum atomic E-state index is 12.9. The van der Waals surface area contributed by atoms with Crippen molar-refractivity contribution in [2.75, 3.05) is 5.73 Å². The normalized spacial score (nSPS) is 15.7. The first-order valence-electron chi connectivity index (χ1n) is 8.52. The molecule has 0 saturated heterocycles. The average molecular weight is 397 g/mol. The molecule has 136 valence electrons. The Labute approximate surface area is 161 Å². The van der Waals surface area contributed by atoms with Crippen LogP contribution in [0.4, 0.5) is 5.69 Å². The Kier molecular flexibility index (Phi) is 3.98. The summed E-state index contributed by atoms with van der Waals surface area (Å²) in [7, 11) is -1.11. The second-order valence-corrected chi connectivity index (χ2v) is 9.33. The summed E-state index contributed by atoms with van der Waals surface area (Å²) in [4.78, 5) is 13.6. The van der Waals surface area contributed by atoms with Gasteiger partial charge in [-0.2, -0.15) is 0 Å². The molecule has 0 aromatic carbocycles. The number of nitrogen functional groups attached to an aromatic ring is 1. The van der Waals surface area contributed by atoms with Gasteiger partial charge in [0.25, 0.3) is 0 Å². The van der Waals surface area contributed by atoms with Gasteiger partial charge < -0.3 is 10.3 Å². The molecule has 9 heteroatoms. The van der Waals surface area contributed by atoms with Gasteiger partial charge in [0.15, 0.2) is 0 Å². The maximum absolute atomic E-state index is 12.9. The summed E-state index contributed by atoms with van der Waals surface area (Å²) >= 11 is 1.39. The lowest BCUT2D eigenvalue weighted by molar-refractivity contribution is 0.422. The number of hydrogen-bond donors (Lipinski definition) is 1. The van der Waals surface area contributed by atoms with Crippen LogP contribution in [0, 0.1) is 0 Å². The van der Waals surface area contributed by atoms with E-state index in [0.29, 0.717) is 21.3 Å². The molecule has 1 saturated carbocycles. The Morgan fingerprint density at radius 2 is 2.04 bits per heavy atom. The molecule has 27 heavy (non-hydrogen) atoms. The number of aromatic nitrogens is 4. The van der Waals surface area contributed by atoms with Gasteiger partial charge in [-0.05, 0) is 18.9 Å². The van der Waals surface area contributed by atoms with E-state index in [1.165, 1.54) is 23.9 Å². The summed E-state index contributed by atoms with van der Waals surface area (Å²) in [6.07, 6.45) is 9.50. The average Bonchev–Trinajstić information content (AvgIpc) is 3.29. The first-order valence-corrected chi connectivity index (χ1v) is 10.5. The Balaban J connectivity index is 1.75. The molecular weight excluding hydrogens is 382 g/mol. The number of nitrogens with two attached hydrogens (primary N) is 1. The molecule has 1 atom stereocenters. The van der Waals surface area contributed by atoms with Crippen LogP contribution in [0.15, 0.2) is 45.8 Å². The molecule has 5 rings (SSSR count). The molecule has 4 heterocycles. The fraction of sp³-hybridized carbons (Fsp3) is 0.222. The van der Waals surface area contributed by atoms with Crippen LogP contribution in [-0.2, 0) is 10.8 Å². The molecule has 4 aromatic heterocycles. The topological polar surface area (TPSA) is 108 Å². The van der Waals surface area contributed by atoms with Gasteiger partial charge in [-0.3, -0.25) is 4.21 Å². The number of anilines is 1. The number of thiophene rings is 1. The summed E-state index contributed by atoms with van der Waals surface area (Å²) in [6.45, 7) is 0. The summed E-state index contributed by atoms with van der Waals surface area (Å²) in [5, 5.41) is 5.04. The minimum absolute atomic E-state index is 0.192.